The molecule has 1 unspecified atom stereocenters. The minimum Gasteiger partial charge on any atom is -0.469 e. The normalized spacial score (nSPS) is 12.7. The first kappa shape index (κ1) is 9.88. The highest BCUT2D eigenvalue weighted by Crippen LogP contribution is 2.08. The first-order chi connectivity index (χ1) is 4.74. The Morgan fingerprint density at radius 3 is 2.70 bits per heavy atom. The topological polar surface area (TPSA) is 26.3 Å². The third-order valence-corrected chi connectivity index (χ3v) is 2.04. The maximum Gasteiger partial charge on any atom is 0.305 e. The van der Waals surface area contributed by atoms with E-state index in [-0.39, 0.29) is 18.3 Å². The third-order valence-electron chi connectivity index (χ3n) is 1.12. The number of ether oxygens (including phenoxy) is 1. The number of rotatable bonds is 4. The zero-order valence-electron chi connectivity index (χ0n) is 5.77. The van der Waals surface area contributed by atoms with Crippen molar-refractivity contribution in [2.45, 2.75) is 6.42 Å². The van der Waals surface area contributed by atoms with Gasteiger partial charge >= 0.3 is 5.97 Å². The number of hydrogen-bond acceptors (Lipinski definition) is 2. The van der Waals surface area contributed by atoms with Crippen LogP contribution in [0.25, 0.3) is 0 Å². The molecule has 0 aromatic carbocycles. The summed E-state index contributed by atoms with van der Waals surface area (Å²) < 4.78 is 16.3. The molecule has 0 aliphatic rings. The summed E-state index contributed by atoms with van der Waals surface area (Å²) in [6, 6.07) is 0. The van der Waals surface area contributed by atoms with Gasteiger partial charge in [0.1, 0.15) is 0 Å². The predicted octanol–water partition coefficient (Wildman–Crippen LogP) is 1.53. The van der Waals surface area contributed by atoms with Gasteiger partial charge in [-0.25, -0.2) is 0 Å². The Morgan fingerprint density at radius 1 is 1.80 bits per heavy atom. The Morgan fingerprint density at radius 2 is 2.40 bits per heavy atom. The molecule has 0 saturated heterocycles. The third kappa shape index (κ3) is 3.82. The van der Waals surface area contributed by atoms with Gasteiger partial charge in [-0.1, -0.05) is 15.9 Å². The van der Waals surface area contributed by atoms with Crippen LogP contribution in [-0.2, 0) is 9.53 Å². The Balaban J connectivity index is 3.52. The zero-order chi connectivity index (χ0) is 7.98. The lowest BCUT2D eigenvalue weighted by molar-refractivity contribution is -0.141. The molecule has 0 radical (unpaired) electrons. The molecule has 0 amide bonds. The van der Waals surface area contributed by atoms with Crippen LogP contribution in [0.5, 0.6) is 0 Å². The van der Waals surface area contributed by atoms with Crippen molar-refractivity contribution < 1.29 is 13.9 Å². The lowest BCUT2D eigenvalue weighted by atomic mass is 10.1. The Bertz CT molecular complexity index is 104. The maximum absolute atomic E-state index is 11.9. The van der Waals surface area contributed by atoms with E-state index >= 15 is 0 Å². The number of alkyl halides is 2. The predicted molar refractivity (Wildman–Crippen MR) is 39.9 cm³/mol. The second-order valence-corrected chi connectivity index (χ2v) is 2.60. The van der Waals surface area contributed by atoms with Gasteiger partial charge in [0.05, 0.1) is 20.2 Å². The van der Waals surface area contributed by atoms with Crippen molar-refractivity contribution in [1.29, 1.82) is 0 Å². The standard InChI is InChI=1S/C6H10BrFO2/c1-10-6(9)2-5(3-7)4-8/h5H,2-4H2,1H3. The number of halogens is 2. The first-order valence-electron chi connectivity index (χ1n) is 2.93. The zero-order valence-corrected chi connectivity index (χ0v) is 7.36. The van der Waals surface area contributed by atoms with Gasteiger partial charge in [0.25, 0.3) is 0 Å². The molecule has 10 heavy (non-hydrogen) atoms. The number of hydrogen-bond donors (Lipinski definition) is 0. The van der Waals surface area contributed by atoms with Crippen LogP contribution in [0, 0.1) is 5.92 Å². The van der Waals surface area contributed by atoms with Crippen molar-refractivity contribution in [3.63, 3.8) is 0 Å². The van der Waals surface area contributed by atoms with E-state index in [0.29, 0.717) is 5.33 Å². The van der Waals surface area contributed by atoms with E-state index in [4.69, 9.17) is 0 Å². The largest absolute Gasteiger partial charge is 0.469 e. The summed E-state index contributed by atoms with van der Waals surface area (Å²) in [7, 11) is 1.30. The molecule has 0 spiro atoms. The fourth-order valence-corrected chi connectivity index (χ4v) is 0.871. The second-order valence-electron chi connectivity index (χ2n) is 1.95. The SMILES string of the molecule is COC(=O)CC(CF)CBr. The van der Waals surface area contributed by atoms with Gasteiger partial charge in [0.2, 0.25) is 0 Å². The Labute approximate surface area is 67.9 Å². The average Bonchev–Trinajstić information content (AvgIpc) is 1.99. The minimum absolute atomic E-state index is 0.151. The minimum atomic E-state index is -0.486. The van der Waals surface area contributed by atoms with Crippen molar-refractivity contribution in [3.8, 4) is 0 Å². The molecule has 60 valence electrons. The highest BCUT2D eigenvalue weighted by molar-refractivity contribution is 9.09. The average molecular weight is 213 g/mol. The number of esters is 1. The van der Waals surface area contributed by atoms with Crippen molar-refractivity contribution >= 4 is 21.9 Å². The van der Waals surface area contributed by atoms with Gasteiger partial charge in [0.15, 0.2) is 0 Å². The van der Waals surface area contributed by atoms with Crippen molar-refractivity contribution in [3.05, 3.63) is 0 Å². The fraction of sp³-hybridized carbons (Fsp3) is 0.833. The summed E-state index contributed by atoms with van der Waals surface area (Å²) in [4.78, 5) is 10.5. The lowest BCUT2D eigenvalue weighted by Gasteiger charge is -2.05. The van der Waals surface area contributed by atoms with Gasteiger partial charge < -0.3 is 4.74 Å². The molecule has 0 aliphatic carbocycles. The van der Waals surface area contributed by atoms with Crippen molar-refractivity contribution in [2.75, 3.05) is 19.1 Å². The molecule has 0 N–H and O–H groups in total. The fourth-order valence-electron chi connectivity index (χ4n) is 0.469. The smallest absolute Gasteiger partial charge is 0.305 e. The van der Waals surface area contributed by atoms with Crippen LogP contribution in [0.15, 0.2) is 0 Å². The molecule has 0 bridgehead atoms. The molecule has 2 nitrogen and oxygen atoms in total. The molecule has 0 saturated carbocycles. The van der Waals surface area contributed by atoms with Gasteiger partial charge in [-0.3, -0.25) is 9.18 Å². The van der Waals surface area contributed by atoms with E-state index in [9.17, 15) is 9.18 Å². The van der Waals surface area contributed by atoms with Crippen LogP contribution in [0.3, 0.4) is 0 Å². The summed E-state index contributed by atoms with van der Waals surface area (Å²) >= 11 is 3.09. The highest BCUT2D eigenvalue weighted by Gasteiger charge is 2.11. The van der Waals surface area contributed by atoms with E-state index in [1.165, 1.54) is 7.11 Å². The molecule has 4 heteroatoms. The van der Waals surface area contributed by atoms with Crippen molar-refractivity contribution in [1.82, 2.24) is 0 Å². The summed E-state index contributed by atoms with van der Waals surface area (Å²) in [6.45, 7) is -0.486. The summed E-state index contributed by atoms with van der Waals surface area (Å²) in [5, 5.41) is 0.499. The molecule has 0 aromatic rings. The van der Waals surface area contributed by atoms with Gasteiger partial charge in [0, 0.05) is 11.2 Å². The van der Waals surface area contributed by atoms with Crippen LogP contribution in [0.4, 0.5) is 4.39 Å². The Hall–Kier alpha value is -0.120. The monoisotopic (exact) mass is 212 g/mol. The molecule has 0 rings (SSSR count). The molecular weight excluding hydrogens is 203 g/mol. The van der Waals surface area contributed by atoms with Crippen molar-refractivity contribution in [2.24, 2.45) is 5.92 Å². The van der Waals surface area contributed by atoms with Crippen LogP contribution in [0.2, 0.25) is 0 Å². The molecule has 0 heterocycles. The molecule has 0 fully saturated rings. The lowest BCUT2D eigenvalue weighted by Crippen LogP contribution is -2.12. The van der Waals surface area contributed by atoms with Gasteiger partial charge in [-0.05, 0) is 0 Å². The molecule has 0 aromatic heterocycles. The summed E-state index contributed by atoms with van der Waals surface area (Å²) in [5.41, 5.74) is 0. The van der Waals surface area contributed by atoms with Crippen LogP contribution in [0.1, 0.15) is 6.42 Å². The van der Waals surface area contributed by atoms with E-state index in [1.54, 1.807) is 0 Å². The summed E-state index contributed by atoms with van der Waals surface area (Å²) in [5.74, 6) is -0.602. The Kier molecular flexibility index (Phi) is 5.58. The number of carbonyl (C=O) groups is 1. The second kappa shape index (κ2) is 5.65. The molecule has 0 aliphatic heterocycles. The summed E-state index contributed by atoms with van der Waals surface area (Å²) in [6.07, 6.45) is 0.151. The van der Waals surface area contributed by atoms with Gasteiger partial charge in [-0.2, -0.15) is 0 Å². The highest BCUT2D eigenvalue weighted by atomic mass is 79.9. The van der Waals surface area contributed by atoms with E-state index in [1.807, 2.05) is 0 Å². The van der Waals surface area contributed by atoms with Gasteiger partial charge in [-0.15, -0.1) is 0 Å². The van der Waals surface area contributed by atoms with E-state index in [2.05, 4.69) is 20.7 Å². The van der Waals surface area contributed by atoms with Crippen LogP contribution >= 0.6 is 15.9 Å². The number of carbonyl (C=O) groups excluding carboxylic acids is 1. The van der Waals surface area contributed by atoms with Crippen LogP contribution in [-0.4, -0.2) is 25.1 Å². The quantitative estimate of drug-likeness (QED) is 0.522. The maximum atomic E-state index is 11.9. The first-order valence-corrected chi connectivity index (χ1v) is 4.05. The van der Waals surface area contributed by atoms with E-state index in [0.717, 1.165) is 0 Å². The van der Waals surface area contributed by atoms with Crippen LogP contribution < -0.4 is 0 Å². The van der Waals surface area contributed by atoms with E-state index < -0.39 is 6.67 Å². The number of methoxy groups -OCH3 is 1. The molecular formula is C6H10BrFO2. The molecule has 1 atom stereocenters.